The zero-order valence-electron chi connectivity index (χ0n) is 17.4. The molecule has 0 spiro atoms. The number of hydrogen-bond acceptors (Lipinski definition) is 2. The highest BCUT2D eigenvalue weighted by atomic mass is 16.2. The highest BCUT2D eigenvalue weighted by Crippen LogP contribution is 2.25. The van der Waals surface area contributed by atoms with E-state index in [-0.39, 0.29) is 17.9 Å². The predicted molar refractivity (Wildman–Crippen MR) is 125 cm³/mol. The van der Waals surface area contributed by atoms with Crippen LogP contribution in [-0.4, -0.2) is 35.8 Å². The third-order valence-corrected chi connectivity index (χ3v) is 5.63. The Morgan fingerprint density at radius 2 is 1.32 bits per heavy atom. The molecular weight excluding hydrogens is 384 g/mol. The van der Waals surface area contributed by atoms with Gasteiger partial charge in [0.15, 0.2) is 0 Å². The lowest BCUT2D eigenvalue weighted by molar-refractivity contribution is -0.114. The summed E-state index contributed by atoms with van der Waals surface area (Å²) in [5, 5.41) is 0. The molecule has 0 bridgehead atoms. The molecule has 0 unspecified atom stereocenters. The fourth-order valence-corrected chi connectivity index (χ4v) is 4.01. The summed E-state index contributed by atoms with van der Waals surface area (Å²) in [5.41, 5.74) is 2.59. The number of carbonyl (C=O) groups is 2. The van der Waals surface area contributed by atoms with E-state index >= 15 is 0 Å². The van der Waals surface area contributed by atoms with E-state index in [1.807, 2.05) is 107 Å². The number of benzene rings is 3. The standard InChI is InChI=1S/C27H26N2O2/c30-26(17-16-22-10-4-1-5-11-22)29(24-14-8-3-9-15-24)25-18-20-28(21-19-25)27(31)23-12-6-2-7-13-23/h1-17,25H,18-21H2/b17-16+. The third-order valence-electron chi connectivity index (χ3n) is 5.63. The van der Waals surface area contributed by atoms with Crippen molar-refractivity contribution in [2.45, 2.75) is 18.9 Å². The van der Waals surface area contributed by atoms with Gasteiger partial charge in [0.25, 0.3) is 11.8 Å². The molecule has 0 aromatic heterocycles. The van der Waals surface area contributed by atoms with Gasteiger partial charge >= 0.3 is 0 Å². The fourth-order valence-electron chi connectivity index (χ4n) is 4.01. The molecule has 0 aliphatic carbocycles. The predicted octanol–water partition coefficient (Wildman–Crippen LogP) is 5.04. The first kappa shape index (κ1) is 20.6. The van der Waals surface area contributed by atoms with Crippen molar-refractivity contribution in [3.8, 4) is 0 Å². The molecule has 1 aliphatic heterocycles. The van der Waals surface area contributed by atoms with Gasteiger partial charge in [0, 0.05) is 36.5 Å². The molecule has 1 heterocycles. The molecule has 4 rings (SSSR count). The maximum atomic E-state index is 13.2. The number of likely N-dealkylation sites (tertiary alicyclic amines) is 1. The monoisotopic (exact) mass is 410 g/mol. The lowest BCUT2D eigenvalue weighted by Gasteiger charge is -2.38. The molecule has 0 atom stereocenters. The van der Waals surface area contributed by atoms with E-state index in [4.69, 9.17) is 0 Å². The fraction of sp³-hybridized carbons (Fsp3) is 0.185. The molecule has 4 nitrogen and oxygen atoms in total. The summed E-state index contributed by atoms with van der Waals surface area (Å²) in [5.74, 6) is 0.0171. The number of piperidine rings is 1. The Balaban J connectivity index is 1.49. The van der Waals surface area contributed by atoms with Crippen molar-refractivity contribution in [1.29, 1.82) is 0 Å². The van der Waals surface area contributed by atoms with E-state index in [1.54, 1.807) is 6.08 Å². The normalized spacial score (nSPS) is 14.5. The van der Waals surface area contributed by atoms with Crippen LogP contribution in [0.2, 0.25) is 0 Å². The molecule has 1 aliphatic rings. The average molecular weight is 411 g/mol. The molecule has 3 aromatic carbocycles. The summed E-state index contributed by atoms with van der Waals surface area (Å²) in [6.45, 7) is 1.27. The number of rotatable bonds is 5. The molecule has 0 saturated carbocycles. The molecule has 31 heavy (non-hydrogen) atoms. The summed E-state index contributed by atoms with van der Waals surface area (Å²) >= 11 is 0. The van der Waals surface area contributed by atoms with Crippen LogP contribution in [0.4, 0.5) is 5.69 Å². The van der Waals surface area contributed by atoms with Crippen molar-refractivity contribution in [1.82, 2.24) is 4.90 Å². The summed E-state index contributed by atoms with van der Waals surface area (Å²) in [6.07, 6.45) is 4.99. The highest BCUT2D eigenvalue weighted by molar-refractivity contribution is 6.04. The lowest BCUT2D eigenvalue weighted by atomic mass is 10.0. The zero-order valence-corrected chi connectivity index (χ0v) is 17.4. The number of hydrogen-bond donors (Lipinski definition) is 0. The second-order valence-electron chi connectivity index (χ2n) is 7.68. The molecule has 1 fully saturated rings. The Bertz CT molecular complexity index is 1020. The van der Waals surface area contributed by atoms with Gasteiger partial charge in [-0.25, -0.2) is 0 Å². The molecule has 1 saturated heterocycles. The average Bonchev–Trinajstić information content (AvgIpc) is 2.85. The summed E-state index contributed by atoms with van der Waals surface area (Å²) < 4.78 is 0. The van der Waals surface area contributed by atoms with E-state index in [1.165, 1.54) is 0 Å². The van der Waals surface area contributed by atoms with E-state index in [2.05, 4.69) is 0 Å². The number of anilines is 1. The summed E-state index contributed by atoms with van der Waals surface area (Å²) in [4.78, 5) is 29.8. The largest absolute Gasteiger partial charge is 0.338 e. The topological polar surface area (TPSA) is 40.6 Å². The summed E-state index contributed by atoms with van der Waals surface area (Å²) in [6, 6.07) is 29.0. The lowest BCUT2D eigenvalue weighted by Crippen LogP contribution is -2.48. The Hall–Kier alpha value is -3.66. The van der Waals surface area contributed by atoms with Crippen molar-refractivity contribution in [2.24, 2.45) is 0 Å². The second kappa shape index (κ2) is 9.90. The molecule has 0 radical (unpaired) electrons. The first-order valence-corrected chi connectivity index (χ1v) is 10.7. The molecule has 0 N–H and O–H groups in total. The van der Waals surface area contributed by atoms with Gasteiger partial charge < -0.3 is 9.80 Å². The Labute approximate surface area is 183 Å². The minimum absolute atomic E-state index is 0.0390. The van der Waals surface area contributed by atoms with Crippen molar-refractivity contribution in [2.75, 3.05) is 18.0 Å². The molecule has 3 aromatic rings. The van der Waals surface area contributed by atoms with Crippen LogP contribution >= 0.6 is 0 Å². The molecule has 156 valence electrons. The van der Waals surface area contributed by atoms with Gasteiger partial charge in [0.1, 0.15) is 0 Å². The summed E-state index contributed by atoms with van der Waals surface area (Å²) in [7, 11) is 0. The van der Waals surface area contributed by atoms with Crippen LogP contribution in [0.5, 0.6) is 0 Å². The van der Waals surface area contributed by atoms with Crippen LogP contribution in [0.1, 0.15) is 28.8 Å². The van der Waals surface area contributed by atoms with Gasteiger partial charge in [-0.05, 0) is 48.7 Å². The first-order valence-electron chi connectivity index (χ1n) is 10.7. The van der Waals surface area contributed by atoms with Gasteiger partial charge in [0.2, 0.25) is 0 Å². The maximum absolute atomic E-state index is 13.2. The van der Waals surface area contributed by atoms with Gasteiger partial charge in [-0.2, -0.15) is 0 Å². The van der Waals surface area contributed by atoms with E-state index in [0.29, 0.717) is 18.7 Å². The quantitative estimate of drug-likeness (QED) is 0.553. The van der Waals surface area contributed by atoms with Gasteiger partial charge in [-0.1, -0.05) is 66.7 Å². The third kappa shape index (κ3) is 5.10. The molecule has 4 heteroatoms. The smallest absolute Gasteiger partial charge is 0.253 e. The number of amides is 2. The molecule has 2 amide bonds. The van der Waals surface area contributed by atoms with Crippen molar-refractivity contribution in [3.05, 3.63) is 108 Å². The minimum atomic E-state index is -0.0390. The Morgan fingerprint density at radius 3 is 1.94 bits per heavy atom. The Morgan fingerprint density at radius 1 is 0.774 bits per heavy atom. The number of nitrogens with zero attached hydrogens (tertiary/aromatic N) is 2. The first-order chi connectivity index (χ1) is 15.2. The minimum Gasteiger partial charge on any atom is -0.338 e. The van der Waals surface area contributed by atoms with Crippen molar-refractivity contribution >= 4 is 23.6 Å². The van der Waals surface area contributed by atoms with Crippen molar-refractivity contribution in [3.63, 3.8) is 0 Å². The Kier molecular flexibility index (Phi) is 6.58. The zero-order chi connectivity index (χ0) is 21.5. The van der Waals surface area contributed by atoms with Crippen molar-refractivity contribution < 1.29 is 9.59 Å². The van der Waals surface area contributed by atoms with Crippen LogP contribution in [0, 0.1) is 0 Å². The number of carbonyl (C=O) groups excluding carboxylic acids is 2. The maximum Gasteiger partial charge on any atom is 0.253 e. The van der Waals surface area contributed by atoms with Crippen LogP contribution in [0.3, 0.4) is 0 Å². The van der Waals surface area contributed by atoms with E-state index < -0.39 is 0 Å². The van der Waals surface area contributed by atoms with Crippen LogP contribution in [-0.2, 0) is 4.79 Å². The number of para-hydroxylation sites is 1. The van der Waals surface area contributed by atoms with E-state index in [9.17, 15) is 9.59 Å². The van der Waals surface area contributed by atoms with Gasteiger partial charge in [0.05, 0.1) is 0 Å². The van der Waals surface area contributed by atoms with Gasteiger partial charge in [-0.15, -0.1) is 0 Å². The van der Waals surface area contributed by atoms with Crippen LogP contribution in [0.25, 0.3) is 6.08 Å². The van der Waals surface area contributed by atoms with E-state index in [0.717, 1.165) is 24.1 Å². The van der Waals surface area contributed by atoms with Crippen LogP contribution < -0.4 is 4.90 Å². The van der Waals surface area contributed by atoms with Crippen LogP contribution in [0.15, 0.2) is 97.1 Å². The SMILES string of the molecule is O=C(c1ccccc1)N1CCC(N(C(=O)/C=C/c2ccccc2)c2ccccc2)CC1. The highest BCUT2D eigenvalue weighted by Gasteiger charge is 2.30. The van der Waals surface area contributed by atoms with Gasteiger partial charge in [-0.3, -0.25) is 9.59 Å². The molecular formula is C27H26N2O2. The second-order valence-corrected chi connectivity index (χ2v) is 7.68.